The van der Waals surface area contributed by atoms with Crippen LogP contribution in [0.1, 0.15) is 26.2 Å². The molecule has 3 rings (SSSR count). The number of hydrogen-bond acceptors (Lipinski definition) is 5. The molecule has 0 bridgehead atoms. The molecule has 1 unspecified atom stereocenters. The minimum Gasteiger partial charge on any atom is -0.478 e. The van der Waals surface area contributed by atoms with Gasteiger partial charge in [-0.25, -0.2) is 0 Å². The highest BCUT2D eigenvalue weighted by Crippen LogP contribution is 2.37. The topological polar surface area (TPSA) is 93.0 Å². The molecule has 1 fully saturated rings. The Balaban J connectivity index is 1.93. The van der Waals surface area contributed by atoms with E-state index in [2.05, 4.69) is 0 Å². The van der Waals surface area contributed by atoms with Gasteiger partial charge in [0.05, 0.1) is 10.6 Å². The van der Waals surface area contributed by atoms with Crippen LogP contribution in [0.4, 0.5) is 11.4 Å². The molecule has 0 aliphatic carbocycles. The fraction of sp³-hybridized carbons (Fsp3) is 0.500. The maximum atomic E-state index is 12.6. The van der Waals surface area contributed by atoms with Gasteiger partial charge in [-0.3, -0.25) is 24.6 Å². The zero-order chi connectivity index (χ0) is 17.3. The van der Waals surface area contributed by atoms with Gasteiger partial charge in [0, 0.05) is 25.2 Å². The number of amides is 2. The predicted molar refractivity (Wildman–Crippen MR) is 86.0 cm³/mol. The van der Waals surface area contributed by atoms with Crippen LogP contribution >= 0.6 is 0 Å². The van der Waals surface area contributed by atoms with Gasteiger partial charge < -0.3 is 9.64 Å². The minimum atomic E-state index is -0.676. The summed E-state index contributed by atoms with van der Waals surface area (Å²) in [6.45, 7) is 3.08. The van der Waals surface area contributed by atoms with Crippen LogP contribution in [0.25, 0.3) is 0 Å². The van der Waals surface area contributed by atoms with Crippen molar-refractivity contribution in [3.63, 3.8) is 0 Å². The summed E-state index contributed by atoms with van der Waals surface area (Å²) >= 11 is 0. The van der Waals surface area contributed by atoms with Gasteiger partial charge >= 0.3 is 0 Å². The Labute approximate surface area is 139 Å². The van der Waals surface area contributed by atoms with Crippen LogP contribution in [0.5, 0.6) is 5.75 Å². The average Bonchev–Trinajstić information content (AvgIpc) is 3.11. The van der Waals surface area contributed by atoms with Crippen LogP contribution in [0, 0.1) is 10.1 Å². The third kappa shape index (κ3) is 2.91. The molecular formula is C16H19N3O5. The van der Waals surface area contributed by atoms with Gasteiger partial charge in [-0.1, -0.05) is 6.92 Å². The summed E-state index contributed by atoms with van der Waals surface area (Å²) in [6.07, 6.45) is 1.71. The van der Waals surface area contributed by atoms with E-state index in [1.54, 1.807) is 4.90 Å². The van der Waals surface area contributed by atoms with Crippen LogP contribution in [0.3, 0.4) is 0 Å². The lowest BCUT2D eigenvalue weighted by molar-refractivity contribution is -0.384. The maximum absolute atomic E-state index is 12.6. The number of carbonyl (C=O) groups is 2. The van der Waals surface area contributed by atoms with E-state index >= 15 is 0 Å². The molecule has 2 aliphatic rings. The van der Waals surface area contributed by atoms with Crippen molar-refractivity contribution in [3.05, 3.63) is 28.3 Å². The molecule has 0 N–H and O–H groups in total. The van der Waals surface area contributed by atoms with Gasteiger partial charge in [-0.15, -0.1) is 0 Å². The van der Waals surface area contributed by atoms with Gasteiger partial charge in [-0.2, -0.15) is 0 Å². The van der Waals surface area contributed by atoms with Gasteiger partial charge in [-0.05, 0) is 25.3 Å². The van der Waals surface area contributed by atoms with Gasteiger partial charge in [0.25, 0.3) is 11.6 Å². The Morgan fingerprint density at radius 3 is 2.71 bits per heavy atom. The second-order valence-corrected chi connectivity index (χ2v) is 5.94. The van der Waals surface area contributed by atoms with Crippen molar-refractivity contribution < 1.29 is 19.2 Å². The number of benzene rings is 1. The highest BCUT2D eigenvalue weighted by Gasteiger charge is 2.36. The number of hydrogen-bond donors (Lipinski definition) is 0. The summed E-state index contributed by atoms with van der Waals surface area (Å²) in [5, 5.41) is 11.0. The number of rotatable bonds is 4. The summed E-state index contributed by atoms with van der Waals surface area (Å²) in [5.41, 5.74) is 0.144. The molecule has 0 aromatic heterocycles. The third-order valence-corrected chi connectivity index (χ3v) is 4.38. The van der Waals surface area contributed by atoms with Crippen LogP contribution < -0.4 is 9.64 Å². The minimum absolute atomic E-state index is 0.118. The lowest BCUT2D eigenvalue weighted by atomic mass is 10.1. The molecule has 2 heterocycles. The molecule has 1 atom stereocenters. The Morgan fingerprint density at radius 2 is 2.08 bits per heavy atom. The van der Waals surface area contributed by atoms with E-state index in [1.807, 2.05) is 6.92 Å². The first-order valence-electron chi connectivity index (χ1n) is 8.05. The van der Waals surface area contributed by atoms with E-state index in [9.17, 15) is 19.7 Å². The van der Waals surface area contributed by atoms with Crippen LogP contribution in [-0.4, -0.2) is 47.4 Å². The number of non-ortho nitro benzene ring substituents is 1. The second kappa shape index (κ2) is 6.46. The Kier molecular flexibility index (Phi) is 4.37. The number of anilines is 1. The molecule has 8 heteroatoms. The van der Waals surface area contributed by atoms with Gasteiger partial charge in [0.1, 0.15) is 12.3 Å². The van der Waals surface area contributed by atoms with Crippen molar-refractivity contribution in [2.45, 2.75) is 32.3 Å². The molecule has 1 saturated heterocycles. The SMILES string of the molecule is CCC1Oc2ccc([N+](=O)[O-])cc2N(CC(=O)N2CCCC2)C1=O. The van der Waals surface area contributed by atoms with Crippen molar-refractivity contribution >= 4 is 23.2 Å². The summed E-state index contributed by atoms with van der Waals surface area (Å²) in [4.78, 5) is 38.6. The van der Waals surface area contributed by atoms with Crippen molar-refractivity contribution in [2.24, 2.45) is 0 Å². The maximum Gasteiger partial charge on any atom is 0.271 e. The van der Waals surface area contributed by atoms with E-state index in [4.69, 9.17) is 4.74 Å². The highest BCUT2D eigenvalue weighted by molar-refractivity contribution is 6.04. The summed E-state index contributed by atoms with van der Waals surface area (Å²) in [5.74, 6) is -0.0885. The number of nitro groups is 1. The first-order chi connectivity index (χ1) is 11.5. The quantitative estimate of drug-likeness (QED) is 0.618. The van der Waals surface area contributed by atoms with Gasteiger partial charge in [0.2, 0.25) is 5.91 Å². The lowest BCUT2D eigenvalue weighted by Gasteiger charge is -2.34. The molecule has 128 valence electrons. The summed E-state index contributed by atoms with van der Waals surface area (Å²) in [7, 11) is 0. The van der Waals surface area contributed by atoms with E-state index < -0.39 is 11.0 Å². The van der Waals surface area contributed by atoms with E-state index in [-0.39, 0.29) is 29.7 Å². The van der Waals surface area contributed by atoms with Crippen LogP contribution in [0.15, 0.2) is 18.2 Å². The Hall–Kier alpha value is -2.64. The first-order valence-corrected chi connectivity index (χ1v) is 8.05. The number of fused-ring (bicyclic) bond motifs is 1. The van der Waals surface area contributed by atoms with E-state index in [0.29, 0.717) is 25.3 Å². The average molecular weight is 333 g/mol. The molecular weight excluding hydrogens is 314 g/mol. The molecule has 1 aromatic rings. The lowest BCUT2D eigenvalue weighted by Crippen LogP contribution is -2.50. The predicted octanol–water partition coefficient (Wildman–Crippen LogP) is 1.72. The van der Waals surface area contributed by atoms with Crippen molar-refractivity contribution in [2.75, 3.05) is 24.5 Å². The van der Waals surface area contributed by atoms with E-state index in [1.165, 1.54) is 23.1 Å². The number of ether oxygens (including phenoxy) is 1. The van der Waals surface area contributed by atoms with E-state index in [0.717, 1.165) is 12.8 Å². The van der Waals surface area contributed by atoms with Gasteiger partial charge in [0.15, 0.2) is 6.10 Å². The number of likely N-dealkylation sites (tertiary alicyclic amines) is 1. The normalized spacial score (nSPS) is 19.9. The monoisotopic (exact) mass is 333 g/mol. The summed E-state index contributed by atoms with van der Waals surface area (Å²) < 4.78 is 5.63. The molecule has 0 spiro atoms. The van der Waals surface area contributed by atoms with Crippen molar-refractivity contribution in [1.29, 1.82) is 0 Å². The molecule has 8 nitrogen and oxygen atoms in total. The third-order valence-electron chi connectivity index (χ3n) is 4.38. The number of nitro benzene ring substituents is 1. The Bertz CT molecular complexity index is 684. The second-order valence-electron chi connectivity index (χ2n) is 5.94. The number of carbonyl (C=O) groups excluding carboxylic acids is 2. The number of nitrogens with zero attached hydrogens (tertiary/aromatic N) is 3. The highest BCUT2D eigenvalue weighted by atomic mass is 16.6. The smallest absolute Gasteiger partial charge is 0.271 e. The van der Waals surface area contributed by atoms with Crippen molar-refractivity contribution in [1.82, 2.24) is 4.90 Å². The standard InChI is InChI=1S/C16H19N3O5/c1-2-13-16(21)18(10-15(20)17-7-3-4-8-17)12-9-11(19(22)23)5-6-14(12)24-13/h5-6,9,13H,2-4,7-8,10H2,1H3. The fourth-order valence-electron chi connectivity index (χ4n) is 3.05. The largest absolute Gasteiger partial charge is 0.478 e. The molecule has 0 saturated carbocycles. The van der Waals surface area contributed by atoms with Crippen LogP contribution in [0.2, 0.25) is 0 Å². The Morgan fingerprint density at radius 1 is 1.38 bits per heavy atom. The first kappa shape index (κ1) is 16.2. The molecule has 2 amide bonds. The zero-order valence-electron chi connectivity index (χ0n) is 13.4. The fourth-order valence-corrected chi connectivity index (χ4v) is 3.05. The molecule has 0 radical (unpaired) electrons. The molecule has 1 aromatic carbocycles. The molecule has 2 aliphatic heterocycles. The zero-order valence-corrected chi connectivity index (χ0v) is 13.4. The van der Waals surface area contributed by atoms with Crippen LogP contribution in [-0.2, 0) is 9.59 Å². The molecule has 24 heavy (non-hydrogen) atoms. The summed E-state index contributed by atoms with van der Waals surface area (Å²) in [6, 6.07) is 4.11. The van der Waals surface area contributed by atoms with Crippen molar-refractivity contribution in [3.8, 4) is 5.75 Å².